The highest BCUT2D eigenvalue weighted by atomic mass is 16.2. The van der Waals surface area contributed by atoms with Crippen LogP contribution >= 0.6 is 0 Å². The lowest BCUT2D eigenvalue weighted by molar-refractivity contribution is -0.121. The van der Waals surface area contributed by atoms with Crippen molar-refractivity contribution in [1.82, 2.24) is 15.5 Å². The molecule has 2 N–H and O–H groups in total. The van der Waals surface area contributed by atoms with Crippen molar-refractivity contribution in [3.63, 3.8) is 0 Å². The van der Waals surface area contributed by atoms with Crippen LogP contribution in [0.1, 0.15) is 45.4 Å². The number of carbonyl (C=O) groups is 1. The summed E-state index contributed by atoms with van der Waals surface area (Å²) in [6.45, 7) is 6.14. The number of amides is 1. The fraction of sp³-hybridized carbons (Fsp3) is 0.929. The number of nitrogens with one attached hydrogen (secondary N) is 2. The summed E-state index contributed by atoms with van der Waals surface area (Å²) in [7, 11) is 0. The van der Waals surface area contributed by atoms with Gasteiger partial charge in [-0.3, -0.25) is 4.79 Å². The van der Waals surface area contributed by atoms with Gasteiger partial charge in [0, 0.05) is 18.6 Å². The number of hydrogen-bond donors (Lipinski definition) is 2. The molecule has 4 heteroatoms. The standard InChI is InChI=1S/C14H27N3O/c1-12(11-17-8-4-5-9-17)15-10-14(18)16-13-6-2-3-7-13/h12-13,15H,2-11H2,1H3,(H,16,18). The Hall–Kier alpha value is -0.610. The molecule has 1 saturated carbocycles. The molecule has 2 rings (SSSR count). The summed E-state index contributed by atoms with van der Waals surface area (Å²) < 4.78 is 0. The first-order chi connectivity index (χ1) is 8.74. The molecule has 2 aliphatic rings. The topological polar surface area (TPSA) is 44.4 Å². The van der Waals surface area contributed by atoms with Crippen molar-refractivity contribution in [2.24, 2.45) is 0 Å². The van der Waals surface area contributed by atoms with E-state index in [9.17, 15) is 4.79 Å². The van der Waals surface area contributed by atoms with Gasteiger partial charge in [-0.15, -0.1) is 0 Å². The van der Waals surface area contributed by atoms with E-state index < -0.39 is 0 Å². The molecule has 2 fully saturated rings. The van der Waals surface area contributed by atoms with E-state index in [1.54, 1.807) is 0 Å². The van der Waals surface area contributed by atoms with Crippen LogP contribution in [0, 0.1) is 0 Å². The van der Waals surface area contributed by atoms with E-state index in [0.717, 1.165) is 19.4 Å². The summed E-state index contributed by atoms with van der Waals surface area (Å²) in [6.07, 6.45) is 7.52. The number of hydrogen-bond acceptors (Lipinski definition) is 3. The fourth-order valence-corrected chi connectivity index (χ4v) is 3.03. The molecule has 1 amide bonds. The van der Waals surface area contributed by atoms with E-state index >= 15 is 0 Å². The van der Waals surface area contributed by atoms with Gasteiger partial charge in [-0.05, 0) is 45.7 Å². The van der Waals surface area contributed by atoms with Gasteiger partial charge in [-0.1, -0.05) is 12.8 Å². The van der Waals surface area contributed by atoms with Crippen LogP contribution in [0.15, 0.2) is 0 Å². The van der Waals surface area contributed by atoms with Crippen LogP contribution in [0.5, 0.6) is 0 Å². The van der Waals surface area contributed by atoms with Gasteiger partial charge in [0.25, 0.3) is 0 Å². The molecule has 1 aliphatic heterocycles. The molecule has 0 spiro atoms. The molecule has 0 aromatic heterocycles. The van der Waals surface area contributed by atoms with Crippen molar-refractivity contribution in [1.29, 1.82) is 0 Å². The summed E-state index contributed by atoms with van der Waals surface area (Å²) in [5.74, 6) is 0.162. The number of nitrogens with zero attached hydrogens (tertiary/aromatic N) is 1. The molecule has 0 aromatic rings. The maximum atomic E-state index is 11.8. The minimum atomic E-state index is 0.162. The Labute approximate surface area is 110 Å². The average Bonchev–Trinajstić information content (AvgIpc) is 2.99. The maximum absolute atomic E-state index is 11.8. The van der Waals surface area contributed by atoms with E-state index in [1.165, 1.54) is 38.8 Å². The average molecular weight is 253 g/mol. The molecule has 4 nitrogen and oxygen atoms in total. The van der Waals surface area contributed by atoms with Gasteiger partial charge in [0.15, 0.2) is 0 Å². The first-order valence-corrected chi connectivity index (χ1v) is 7.49. The van der Waals surface area contributed by atoms with E-state index in [2.05, 4.69) is 22.5 Å². The molecule has 1 heterocycles. The molecule has 1 saturated heterocycles. The first-order valence-electron chi connectivity index (χ1n) is 7.49. The summed E-state index contributed by atoms with van der Waals surface area (Å²) in [4.78, 5) is 14.2. The highest BCUT2D eigenvalue weighted by Gasteiger charge is 2.18. The Kier molecular flexibility index (Phi) is 5.45. The van der Waals surface area contributed by atoms with Crippen molar-refractivity contribution in [3.05, 3.63) is 0 Å². The smallest absolute Gasteiger partial charge is 0.234 e. The predicted molar refractivity (Wildman–Crippen MR) is 73.5 cm³/mol. The predicted octanol–water partition coefficient (Wildman–Crippen LogP) is 1.12. The number of rotatable bonds is 6. The lowest BCUT2D eigenvalue weighted by Gasteiger charge is -2.21. The van der Waals surface area contributed by atoms with Crippen LogP contribution < -0.4 is 10.6 Å². The maximum Gasteiger partial charge on any atom is 0.234 e. The van der Waals surface area contributed by atoms with E-state index in [4.69, 9.17) is 0 Å². The largest absolute Gasteiger partial charge is 0.352 e. The number of likely N-dealkylation sites (tertiary alicyclic amines) is 1. The molecule has 0 bridgehead atoms. The molecular weight excluding hydrogens is 226 g/mol. The third-order valence-corrected chi connectivity index (χ3v) is 4.06. The second-order valence-electron chi connectivity index (χ2n) is 5.84. The highest BCUT2D eigenvalue weighted by Crippen LogP contribution is 2.17. The van der Waals surface area contributed by atoms with Crippen molar-refractivity contribution in [3.8, 4) is 0 Å². The van der Waals surface area contributed by atoms with Crippen LogP contribution in [0.4, 0.5) is 0 Å². The Balaban J connectivity index is 1.56. The molecule has 18 heavy (non-hydrogen) atoms. The van der Waals surface area contributed by atoms with Crippen molar-refractivity contribution >= 4 is 5.91 Å². The monoisotopic (exact) mass is 253 g/mol. The Morgan fingerprint density at radius 3 is 2.56 bits per heavy atom. The third kappa shape index (κ3) is 4.58. The van der Waals surface area contributed by atoms with Gasteiger partial charge in [0.2, 0.25) is 5.91 Å². The van der Waals surface area contributed by atoms with Gasteiger partial charge in [0.1, 0.15) is 0 Å². The first kappa shape index (κ1) is 13.8. The van der Waals surface area contributed by atoms with Crippen LogP contribution in [-0.4, -0.2) is 49.1 Å². The lowest BCUT2D eigenvalue weighted by atomic mass is 10.2. The van der Waals surface area contributed by atoms with Gasteiger partial charge in [-0.2, -0.15) is 0 Å². The van der Waals surface area contributed by atoms with E-state index in [1.807, 2.05) is 0 Å². The zero-order valence-electron chi connectivity index (χ0n) is 11.6. The Morgan fingerprint density at radius 1 is 1.22 bits per heavy atom. The van der Waals surface area contributed by atoms with Gasteiger partial charge >= 0.3 is 0 Å². The van der Waals surface area contributed by atoms with Gasteiger partial charge in [0.05, 0.1) is 6.54 Å². The summed E-state index contributed by atoms with van der Waals surface area (Å²) in [5.41, 5.74) is 0. The third-order valence-electron chi connectivity index (χ3n) is 4.06. The Bertz CT molecular complexity index is 258. The number of carbonyl (C=O) groups excluding carboxylic acids is 1. The SMILES string of the molecule is CC(CN1CCCC1)NCC(=O)NC1CCCC1. The lowest BCUT2D eigenvalue weighted by Crippen LogP contribution is -2.44. The molecule has 104 valence electrons. The zero-order valence-corrected chi connectivity index (χ0v) is 11.6. The summed E-state index contributed by atoms with van der Waals surface area (Å²) in [5, 5.41) is 6.44. The molecule has 1 unspecified atom stereocenters. The minimum Gasteiger partial charge on any atom is -0.352 e. The van der Waals surface area contributed by atoms with Crippen molar-refractivity contribution in [2.75, 3.05) is 26.2 Å². The highest BCUT2D eigenvalue weighted by molar-refractivity contribution is 5.78. The van der Waals surface area contributed by atoms with Gasteiger partial charge in [-0.25, -0.2) is 0 Å². The van der Waals surface area contributed by atoms with Crippen LogP contribution in [0.3, 0.4) is 0 Å². The zero-order chi connectivity index (χ0) is 12.8. The van der Waals surface area contributed by atoms with Crippen LogP contribution in [0.25, 0.3) is 0 Å². The second-order valence-corrected chi connectivity index (χ2v) is 5.84. The van der Waals surface area contributed by atoms with Crippen molar-refractivity contribution < 1.29 is 4.79 Å². The molecule has 0 aromatic carbocycles. The van der Waals surface area contributed by atoms with Crippen LogP contribution in [0.2, 0.25) is 0 Å². The van der Waals surface area contributed by atoms with E-state index in [0.29, 0.717) is 18.6 Å². The summed E-state index contributed by atoms with van der Waals surface area (Å²) in [6, 6.07) is 0.839. The van der Waals surface area contributed by atoms with Crippen molar-refractivity contribution in [2.45, 2.75) is 57.5 Å². The van der Waals surface area contributed by atoms with Crippen LogP contribution in [-0.2, 0) is 4.79 Å². The molecular formula is C14H27N3O. The molecule has 0 radical (unpaired) electrons. The molecule has 1 aliphatic carbocycles. The van der Waals surface area contributed by atoms with Gasteiger partial charge < -0.3 is 15.5 Å². The second kappa shape index (κ2) is 7.10. The summed E-state index contributed by atoms with van der Waals surface area (Å²) >= 11 is 0. The molecule has 1 atom stereocenters. The fourth-order valence-electron chi connectivity index (χ4n) is 3.03. The minimum absolute atomic E-state index is 0.162. The normalized spacial score (nSPS) is 23.4. The quantitative estimate of drug-likeness (QED) is 0.745. The Morgan fingerprint density at radius 2 is 1.89 bits per heavy atom. The van der Waals surface area contributed by atoms with E-state index in [-0.39, 0.29) is 5.91 Å².